The summed E-state index contributed by atoms with van der Waals surface area (Å²) in [5.41, 5.74) is 0. The molecule has 2 saturated heterocycles. The van der Waals surface area contributed by atoms with Gasteiger partial charge in [-0.1, -0.05) is 0 Å². The molecule has 21 heavy (non-hydrogen) atoms. The Hall–Kier alpha value is -0.700. The van der Waals surface area contributed by atoms with E-state index in [0.717, 1.165) is 32.7 Å². The normalized spacial score (nSPS) is 27.2. The summed E-state index contributed by atoms with van der Waals surface area (Å²) in [6.45, 7) is 5.37. The highest BCUT2D eigenvalue weighted by molar-refractivity contribution is 7.91. The lowest BCUT2D eigenvalue weighted by molar-refractivity contribution is -0.138. The van der Waals surface area contributed by atoms with Gasteiger partial charge in [0.15, 0.2) is 9.84 Å². The SMILES string of the molecule is CN1CCN(CCN(CC(=O)O)C2CCS(=O)(=O)C2)CC1. The van der Waals surface area contributed by atoms with Gasteiger partial charge in [-0.2, -0.15) is 0 Å². The maximum atomic E-state index is 11.6. The Morgan fingerprint density at radius 2 is 1.95 bits per heavy atom. The van der Waals surface area contributed by atoms with E-state index in [0.29, 0.717) is 13.0 Å². The van der Waals surface area contributed by atoms with Crippen LogP contribution in [0.5, 0.6) is 0 Å². The second kappa shape index (κ2) is 7.04. The first kappa shape index (κ1) is 16.7. The lowest BCUT2D eigenvalue weighted by Gasteiger charge is -2.34. The van der Waals surface area contributed by atoms with Gasteiger partial charge in [-0.05, 0) is 13.5 Å². The van der Waals surface area contributed by atoms with Gasteiger partial charge in [-0.15, -0.1) is 0 Å². The van der Waals surface area contributed by atoms with E-state index >= 15 is 0 Å². The largest absolute Gasteiger partial charge is 0.480 e. The summed E-state index contributed by atoms with van der Waals surface area (Å²) in [4.78, 5) is 17.4. The standard InChI is InChI=1S/C13H25N3O4S/c1-14-3-5-15(6-4-14)7-8-16(10-13(17)18)12-2-9-21(19,20)11-12/h12H,2-11H2,1H3,(H,17,18). The lowest BCUT2D eigenvalue weighted by atomic mass is 10.2. The van der Waals surface area contributed by atoms with E-state index in [4.69, 9.17) is 5.11 Å². The average molecular weight is 319 g/mol. The van der Waals surface area contributed by atoms with Crippen LogP contribution in [0.4, 0.5) is 0 Å². The predicted octanol–water partition coefficient (Wildman–Crippen LogP) is -1.19. The molecule has 0 aromatic rings. The molecule has 1 atom stereocenters. The molecule has 2 fully saturated rings. The highest BCUT2D eigenvalue weighted by Crippen LogP contribution is 2.17. The molecule has 0 amide bonds. The fourth-order valence-electron chi connectivity index (χ4n) is 2.97. The van der Waals surface area contributed by atoms with Gasteiger partial charge in [-0.25, -0.2) is 8.42 Å². The van der Waals surface area contributed by atoms with Gasteiger partial charge in [0, 0.05) is 45.3 Å². The lowest BCUT2D eigenvalue weighted by Crippen LogP contribution is -2.49. The number of piperazine rings is 1. The predicted molar refractivity (Wildman–Crippen MR) is 80.2 cm³/mol. The van der Waals surface area contributed by atoms with Crippen molar-refractivity contribution < 1.29 is 18.3 Å². The van der Waals surface area contributed by atoms with Crippen molar-refractivity contribution >= 4 is 15.8 Å². The molecule has 0 aromatic carbocycles. The Kier molecular flexibility index (Phi) is 5.59. The first-order chi connectivity index (χ1) is 9.85. The highest BCUT2D eigenvalue weighted by atomic mass is 32.2. The third-order valence-electron chi connectivity index (χ3n) is 4.36. The van der Waals surface area contributed by atoms with Crippen LogP contribution >= 0.6 is 0 Å². The van der Waals surface area contributed by atoms with Crippen LogP contribution in [-0.2, 0) is 14.6 Å². The molecule has 2 rings (SSSR count). The van der Waals surface area contributed by atoms with E-state index in [9.17, 15) is 13.2 Å². The van der Waals surface area contributed by atoms with Crippen LogP contribution in [0.2, 0.25) is 0 Å². The van der Waals surface area contributed by atoms with Crippen molar-refractivity contribution in [2.75, 3.05) is 64.4 Å². The van der Waals surface area contributed by atoms with Crippen LogP contribution in [0.1, 0.15) is 6.42 Å². The first-order valence-electron chi connectivity index (χ1n) is 7.43. The minimum Gasteiger partial charge on any atom is -0.480 e. The molecule has 1 N–H and O–H groups in total. The maximum Gasteiger partial charge on any atom is 0.317 e. The van der Waals surface area contributed by atoms with Crippen LogP contribution in [0, 0.1) is 0 Å². The van der Waals surface area contributed by atoms with Crippen LogP contribution in [-0.4, -0.2) is 105 Å². The minimum atomic E-state index is -2.98. The molecule has 0 spiro atoms. The second-order valence-electron chi connectivity index (χ2n) is 6.07. The summed E-state index contributed by atoms with van der Waals surface area (Å²) in [6, 6.07) is -0.140. The van der Waals surface area contributed by atoms with Gasteiger partial charge < -0.3 is 10.0 Å². The van der Waals surface area contributed by atoms with E-state index < -0.39 is 15.8 Å². The molecule has 2 aliphatic heterocycles. The summed E-state index contributed by atoms with van der Waals surface area (Å²) in [5, 5.41) is 9.03. The van der Waals surface area contributed by atoms with E-state index in [2.05, 4.69) is 16.8 Å². The molecule has 0 radical (unpaired) electrons. The van der Waals surface area contributed by atoms with Crippen molar-refractivity contribution in [3.05, 3.63) is 0 Å². The number of rotatable bonds is 6. The summed E-state index contributed by atoms with van der Waals surface area (Å²) < 4.78 is 23.2. The average Bonchev–Trinajstić information content (AvgIpc) is 2.76. The number of carboxylic acids is 1. The zero-order valence-electron chi connectivity index (χ0n) is 12.6. The Bertz CT molecular complexity index is 460. The van der Waals surface area contributed by atoms with Crippen LogP contribution in [0.25, 0.3) is 0 Å². The number of likely N-dealkylation sites (N-methyl/N-ethyl adjacent to an activating group) is 1. The van der Waals surface area contributed by atoms with Crippen LogP contribution < -0.4 is 0 Å². The molecule has 0 saturated carbocycles. The molecule has 8 heteroatoms. The van der Waals surface area contributed by atoms with Gasteiger partial charge in [0.2, 0.25) is 0 Å². The van der Waals surface area contributed by atoms with Gasteiger partial charge in [-0.3, -0.25) is 14.6 Å². The van der Waals surface area contributed by atoms with Crippen molar-refractivity contribution in [1.82, 2.24) is 14.7 Å². The zero-order valence-corrected chi connectivity index (χ0v) is 13.4. The van der Waals surface area contributed by atoms with Crippen molar-refractivity contribution in [2.24, 2.45) is 0 Å². The molecule has 122 valence electrons. The number of hydrogen-bond acceptors (Lipinski definition) is 6. The van der Waals surface area contributed by atoms with E-state index in [1.807, 2.05) is 4.90 Å². The summed E-state index contributed by atoms with van der Waals surface area (Å²) in [7, 11) is -0.887. The van der Waals surface area contributed by atoms with Crippen molar-refractivity contribution in [1.29, 1.82) is 0 Å². The van der Waals surface area contributed by atoms with Gasteiger partial charge >= 0.3 is 5.97 Å². The number of hydrogen-bond donors (Lipinski definition) is 1. The fourth-order valence-corrected chi connectivity index (χ4v) is 4.73. The summed E-state index contributed by atoms with van der Waals surface area (Å²) >= 11 is 0. The highest BCUT2D eigenvalue weighted by Gasteiger charge is 2.33. The van der Waals surface area contributed by atoms with Crippen molar-refractivity contribution in [2.45, 2.75) is 12.5 Å². The summed E-state index contributed by atoms with van der Waals surface area (Å²) in [5.74, 6) is -0.608. The number of carboxylic acid groups (broad SMARTS) is 1. The van der Waals surface area contributed by atoms with Crippen molar-refractivity contribution in [3.63, 3.8) is 0 Å². The van der Waals surface area contributed by atoms with Crippen LogP contribution in [0.15, 0.2) is 0 Å². The number of aliphatic carboxylic acids is 1. The summed E-state index contributed by atoms with van der Waals surface area (Å²) in [6.07, 6.45) is 0.554. The van der Waals surface area contributed by atoms with E-state index in [1.54, 1.807) is 0 Å². The minimum absolute atomic E-state index is 0.0755. The smallest absolute Gasteiger partial charge is 0.317 e. The second-order valence-corrected chi connectivity index (χ2v) is 8.29. The Balaban J connectivity index is 1.86. The van der Waals surface area contributed by atoms with Crippen molar-refractivity contribution in [3.8, 4) is 0 Å². The molecular formula is C13H25N3O4S. The van der Waals surface area contributed by atoms with Gasteiger partial charge in [0.05, 0.1) is 18.1 Å². The molecule has 0 aromatic heterocycles. The number of sulfone groups is 1. The molecule has 0 bridgehead atoms. The Morgan fingerprint density at radius 1 is 1.29 bits per heavy atom. The van der Waals surface area contributed by atoms with Crippen LogP contribution in [0.3, 0.4) is 0 Å². The molecule has 7 nitrogen and oxygen atoms in total. The van der Waals surface area contributed by atoms with Gasteiger partial charge in [0.1, 0.15) is 0 Å². The molecule has 1 unspecified atom stereocenters. The molecular weight excluding hydrogens is 294 g/mol. The number of nitrogens with zero attached hydrogens (tertiary/aromatic N) is 3. The Labute approximate surface area is 126 Å². The molecule has 0 aliphatic carbocycles. The molecule has 2 heterocycles. The zero-order chi connectivity index (χ0) is 15.5. The maximum absolute atomic E-state index is 11.6. The third-order valence-corrected chi connectivity index (χ3v) is 6.11. The number of carbonyl (C=O) groups is 1. The van der Waals surface area contributed by atoms with E-state index in [-0.39, 0.29) is 24.1 Å². The van der Waals surface area contributed by atoms with E-state index in [1.165, 1.54) is 0 Å². The third kappa shape index (κ3) is 5.21. The van der Waals surface area contributed by atoms with Gasteiger partial charge in [0.25, 0.3) is 0 Å². The fraction of sp³-hybridized carbons (Fsp3) is 0.923. The topological polar surface area (TPSA) is 81.2 Å². The molecule has 2 aliphatic rings. The monoisotopic (exact) mass is 319 g/mol. The quantitative estimate of drug-likeness (QED) is 0.659. The Morgan fingerprint density at radius 3 is 2.48 bits per heavy atom. The first-order valence-corrected chi connectivity index (χ1v) is 9.25.